The SMILES string of the molecule is COC(=O)C(O)c1cc(Cl)cc(C(C)(C)C)c1O. The van der Waals surface area contributed by atoms with E-state index >= 15 is 0 Å². The molecule has 0 saturated carbocycles. The topological polar surface area (TPSA) is 66.8 Å². The summed E-state index contributed by atoms with van der Waals surface area (Å²) < 4.78 is 4.44. The van der Waals surface area contributed by atoms with Gasteiger partial charge in [0.2, 0.25) is 0 Å². The second kappa shape index (κ2) is 5.16. The van der Waals surface area contributed by atoms with Gasteiger partial charge in [-0.05, 0) is 17.5 Å². The van der Waals surface area contributed by atoms with E-state index in [0.29, 0.717) is 10.6 Å². The molecule has 5 heteroatoms. The lowest BCUT2D eigenvalue weighted by molar-refractivity contribution is -0.150. The molecule has 0 amide bonds. The van der Waals surface area contributed by atoms with Crippen LogP contribution < -0.4 is 0 Å². The Hall–Kier alpha value is -1.26. The molecule has 0 saturated heterocycles. The molecule has 0 heterocycles. The first kappa shape index (κ1) is 14.8. The molecule has 1 unspecified atom stereocenters. The van der Waals surface area contributed by atoms with Crippen LogP contribution in [-0.4, -0.2) is 23.3 Å². The van der Waals surface area contributed by atoms with E-state index in [1.807, 2.05) is 20.8 Å². The number of esters is 1. The fraction of sp³-hybridized carbons (Fsp3) is 0.462. The van der Waals surface area contributed by atoms with Crippen LogP contribution in [0.4, 0.5) is 0 Å². The number of hydrogen-bond acceptors (Lipinski definition) is 4. The van der Waals surface area contributed by atoms with Crippen LogP contribution in [0.1, 0.15) is 38.0 Å². The Balaban J connectivity index is 3.38. The van der Waals surface area contributed by atoms with Gasteiger partial charge in [0.15, 0.2) is 6.10 Å². The number of aliphatic hydroxyl groups is 1. The average Bonchev–Trinajstić information content (AvgIpc) is 2.28. The van der Waals surface area contributed by atoms with Crippen molar-refractivity contribution in [1.82, 2.24) is 0 Å². The molecule has 1 aromatic rings. The Bertz CT molecular complexity index is 463. The van der Waals surface area contributed by atoms with Crippen molar-refractivity contribution in [1.29, 1.82) is 0 Å². The lowest BCUT2D eigenvalue weighted by atomic mass is 9.84. The summed E-state index contributed by atoms with van der Waals surface area (Å²) in [6.07, 6.45) is -1.55. The fourth-order valence-electron chi connectivity index (χ4n) is 1.64. The van der Waals surface area contributed by atoms with E-state index in [-0.39, 0.29) is 16.7 Å². The zero-order valence-corrected chi connectivity index (χ0v) is 11.6. The number of phenols is 1. The third kappa shape index (κ3) is 2.94. The van der Waals surface area contributed by atoms with Crippen molar-refractivity contribution in [2.24, 2.45) is 0 Å². The Morgan fingerprint density at radius 3 is 2.39 bits per heavy atom. The minimum atomic E-state index is -1.55. The Kier molecular flexibility index (Phi) is 4.24. The summed E-state index contributed by atoms with van der Waals surface area (Å²) >= 11 is 5.95. The first-order valence-electron chi connectivity index (χ1n) is 5.47. The monoisotopic (exact) mass is 272 g/mol. The first-order chi connectivity index (χ1) is 8.18. The van der Waals surface area contributed by atoms with Crippen molar-refractivity contribution < 1.29 is 19.7 Å². The minimum Gasteiger partial charge on any atom is -0.507 e. The maximum atomic E-state index is 11.3. The number of aliphatic hydroxyl groups excluding tert-OH is 1. The van der Waals surface area contributed by atoms with Crippen molar-refractivity contribution in [3.8, 4) is 5.75 Å². The highest BCUT2D eigenvalue weighted by atomic mass is 35.5. The molecule has 0 spiro atoms. The van der Waals surface area contributed by atoms with E-state index in [1.54, 1.807) is 6.07 Å². The molecule has 4 nitrogen and oxygen atoms in total. The lowest BCUT2D eigenvalue weighted by Crippen LogP contribution is -2.17. The molecular weight excluding hydrogens is 256 g/mol. The highest BCUT2D eigenvalue weighted by Crippen LogP contribution is 2.38. The second-order valence-electron chi connectivity index (χ2n) is 5.07. The number of ether oxygens (including phenoxy) is 1. The summed E-state index contributed by atoms with van der Waals surface area (Å²) in [7, 11) is 1.16. The minimum absolute atomic E-state index is 0.0549. The largest absolute Gasteiger partial charge is 0.507 e. The summed E-state index contributed by atoms with van der Waals surface area (Å²) in [6.45, 7) is 5.69. The molecule has 2 N–H and O–H groups in total. The number of rotatable bonds is 2. The maximum Gasteiger partial charge on any atom is 0.339 e. The van der Waals surface area contributed by atoms with E-state index < -0.39 is 12.1 Å². The second-order valence-corrected chi connectivity index (χ2v) is 5.50. The highest BCUT2D eigenvalue weighted by Gasteiger charge is 2.27. The van der Waals surface area contributed by atoms with Gasteiger partial charge in [-0.3, -0.25) is 0 Å². The van der Waals surface area contributed by atoms with Gasteiger partial charge in [-0.1, -0.05) is 32.4 Å². The summed E-state index contributed by atoms with van der Waals surface area (Å²) in [5.41, 5.74) is 0.256. The van der Waals surface area contributed by atoms with Gasteiger partial charge in [-0.25, -0.2) is 4.79 Å². The van der Waals surface area contributed by atoms with Gasteiger partial charge < -0.3 is 14.9 Å². The molecule has 0 aliphatic rings. The molecule has 18 heavy (non-hydrogen) atoms. The zero-order chi connectivity index (χ0) is 14.1. The molecule has 1 aromatic carbocycles. The van der Waals surface area contributed by atoms with Gasteiger partial charge in [0.25, 0.3) is 0 Å². The van der Waals surface area contributed by atoms with Gasteiger partial charge in [-0.15, -0.1) is 0 Å². The van der Waals surface area contributed by atoms with Gasteiger partial charge in [0.1, 0.15) is 5.75 Å². The highest BCUT2D eigenvalue weighted by molar-refractivity contribution is 6.30. The van der Waals surface area contributed by atoms with E-state index in [2.05, 4.69) is 4.74 Å². The quantitative estimate of drug-likeness (QED) is 0.812. The van der Waals surface area contributed by atoms with Crippen molar-refractivity contribution >= 4 is 17.6 Å². The number of halogens is 1. The molecule has 0 radical (unpaired) electrons. The van der Waals surface area contributed by atoms with Crippen molar-refractivity contribution in [2.45, 2.75) is 32.3 Å². The zero-order valence-electron chi connectivity index (χ0n) is 10.8. The molecule has 100 valence electrons. The van der Waals surface area contributed by atoms with Crippen molar-refractivity contribution in [2.75, 3.05) is 7.11 Å². The van der Waals surface area contributed by atoms with Crippen LogP contribution in [0.2, 0.25) is 5.02 Å². The van der Waals surface area contributed by atoms with Crippen LogP contribution in [0.3, 0.4) is 0 Å². The fourth-order valence-corrected chi connectivity index (χ4v) is 1.87. The number of benzene rings is 1. The average molecular weight is 273 g/mol. The standard InChI is InChI=1S/C13H17ClO4/c1-13(2,3)9-6-7(14)5-8(10(9)15)11(16)12(17)18-4/h5-6,11,15-16H,1-4H3. The lowest BCUT2D eigenvalue weighted by Gasteiger charge is -2.23. The van der Waals surface area contributed by atoms with E-state index in [4.69, 9.17) is 11.6 Å². The first-order valence-corrected chi connectivity index (χ1v) is 5.85. The number of methoxy groups -OCH3 is 1. The molecule has 0 aliphatic carbocycles. The predicted molar refractivity (Wildman–Crippen MR) is 68.8 cm³/mol. The van der Waals surface area contributed by atoms with E-state index in [9.17, 15) is 15.0 Å². The summed E-state index contributed by atoms with van der Waals surface area (Å²) in [5, 5.41) is 20.3. The van der Waals surface area contributed by atoms with Crippen LogP contribution in [0.25, 0.3) is 0 Å². The Morgan fingerprint density at radius 2 is 1.94 bits per heavy atom. The molecule has 0 aliphatic heterocycles. The van der Waals surface area contributed by atoms with Gasteiger partial charge in [-0.2, -0.15) is 0 Å². The normalized spacial score (nSPS) is 13.2. The molecule has 0 fully saturated rings. The van der Waals surface area contributed by atoms with Crippen LogP contribution in [0, 0.1) is 0 Å². The molecule has 0 aromatic heterocycles. The molecule has 1 rings (SSSR count). The van der Waals surface area contributed by atoms with Crippen LogP contribution in [0.5, 0.6) is 5.75 Å². The van der Waals surface area contributed by atoms with Crippen LogP contribution in [0.15, 0.2) is 12.1 Å². The number of aromatic hydroxyl groups is 1. The number of carbonyl (C=O) groups excluding carboxylic acids is 1. The third-order valence-electron chi connectivity index (χ3n) is 2.63. The van der Waals surface area contributed by atoms with Crippen molar-refractivity contribution in [3.63, 3.8) is 0 Å². The van der Waals surface area contributed by atoms with Crippen LogP contribution >= 0.6 is 11.6 Å². The third-order valence-corrected chi connectivity index (χ3v) is 2.85. The smallest absolute Gasteiger partial charge is 0.339 e. The van der Waals surface area contributed by atoms with E-state index in [0.717, 1.165) is 7.11 Å². The molecule has 0 bridgehead atoms. The number of carbonyl (C=O) groups is 1. The van der Waals surface area contributed by atoms with Crippen LogP contribution in [-0.2, 0) is 14.9 Å². The summed E-state index contributed by atoms with van der Waals surface area (Å²) in [4.78, 5) is 11.3. The van der Waals surface area contributed by atoms with Gasteiger partial charge in [0, 0.05) is 16.1 Å². The predicted octanol–water partition coefficient (Wildman–Crippen LogP) is 2.55. The maximum absolute atomic E-state index is 11.3. The number of hydrogen-bond donors (Lipinski definition) is 2. The summed E-state index contributed by atoms with van der Waals surface area (Å²) in [6, 6.07) is 2.97. The molecule has 1 atom stereocenters. The Morgan fingerprint density at radius 1 is 1.39 bits per heavy atom. The van der Waals surface area contributed by atoms with Gasteiger partial charge >= 0.3 is 5.97 Å². The van der Waals surface area contributed by atoms with E-state index in [1.165, 1.54) is 6.07 Å². The molecular formula is C13H17ClO4. The van der Waals surface area contributed by atoms with Crippen molar-refractivity contribution in [3.05, 3.63) is 28.3 Å². The van der Waals surface area contributed by atoms with Gasteiger partial charge in [0.05, 0.1) is 7.11 Å². The number of phenolic OH excluding ortho intramolecular Hbond substituents is 1. The Labute approximate surface area is 111 Å². The summed E-state index contributed by atoms with van der Waals surface area (Å²) in [5.74, 6) is -0.975.